The van der Waals surface area contributed by atoms with Gasteiger partial charge in [-0.15, -0.1) is 0 Å². The van der Waals surface area contributed by atoms with E-state index in [1.54, 1.807) is 74.5 Å². The van der Waals surface area contributed by atoms with Gasteiger partial charge >= 0.3 is 5.97 Å². The average Bonchev–Trinajstić information content (AvgIpc) is 3.22. The second-order valence-corrected chi connectivity index (χ2v) is 9.94. The highest BCUT2D eigenvalue weighted by Crippen LogP contribution is 2.40. The molecule has 0 radical (unpaired) electrons. The molecule has 0 bridgehead atoms. The van der Waals surface area contributed by atoms with Gasteiger partial charge in [-0.05, 0) is 54.8 Å². The van der Waals surface area contributed by atoms with Crippen LogP contribution >= 0.6 is 23.4 Å². The lowest BCUT2D eigenvalue weighted by atomic mass is 10.1. The number of nitro benzene ring substituents is 1. The molecule has 40 heavy (non-hydrogen) atoms. The van der Waals surface area contributed by atoms with E-state index in [1.807, 2.05) is 0 Å². The number of aryl methyl sites for hydroxylation is 1. The standard InChI is InChI=1S/C29H23ClN2O7S/c1-3-38-29(35)25-26(33)24(40-28(25)31-27(34)21-10-5-4-7-17(21)2)15-18-11-12-23(22(30)14-18)39-16-19-8-6-9-20(13-19)32(36)37/h4-15,33H,3,16H2,1-2H3/b24-15-,31-28?. The Labute approximate surface area is 238 Å². The number of carbonyl (C=O) groups excluding carboxylic acids is 2. The van der Waals surface area contributed by atoms with E-state index in [9.17, 15) is 24.8 Å². The molecule has 1 N–H and O–H groups in total. The molecule has 11 heteroatoms. The van der Waals surface area contributed by atoms with Crippen molar-refractivity contribution in [2.45, 2.75) is 20.5 Å². The van der Waals surface area contributed by atoms with Crippen molar-refractivity contribution >= 4 is 52.0 Å². The largest absolute Gasteiger partial charge is 0.506 e. The van der Waals surface area contributed by atoms with E-state index in [1.165, 1.54) is 12.1 Å². The molecule has 9 nitrogen and oxygen atoms in total. The van der Waals surface area contributed by atoms with Crippen molar-refractivity contribution in [1.29, 1.82) is 0 Å². The fourth-order valence-electron chi connectivity index (χ4n) is 3.75. The number of nitro groups is 1. The van der Waals surface area contributed by atoms with Gasteiger partial charge in [0.15, 0.2) is 0 Å². The summed E-state index contributed by atoms with van der Waals surface area (Å²) in [5, 5.41) is 22.2. The van der Waals surface area contributed by atoms with Crippen LogP contribution in [0.1, 0.15) is 34.0 Å². The van der Waals surface area contributed by atoms with Crippen LogP contribution in [0, 0.1) is 17.0 Å². The monoisotopic (exact) mass is 578 g/mol. The maximum Gasteiger partial charge on any atom is 0.344 e. The van der Waals surface area contributed by atoms with Gasteiger partial charge in [0.25, 0.3) is 11.6 Å². The molecule has 4 rings (SSSR count). The number of aliphatic hydroxyl groups excluding tert-OH is 1. The van der Waals surface area contributed by atoms with Crippen LogP contribution in [0.4, 0.5) is 5.69 Å². The number of benzene rings is 3. The summed E-state index contributed by atoms with van der Waals surface area (Å²) in [6.45, 7) is 3.56. The number of hydrogen-bond acceptors (Lipinski definition) is 8. The van der Waals surface area contributed by atoms with Crippen LogP contribution in [0.5, 0.6) is 5.75 Å². The Balaban J connectivity index is 1.58. The molecular formula is C29H23ClN2O7S. The van der Waals surface area contributed by atoms with Crippen LogP contribution in [-0.2, 0) is 16.1 Å². The zero-order valence-corrected chi connectivity index (χ0v) is 23.0. The number of ether oxygens (including phenoxy) is 2. The average molecular weight is 579 g/mol. The molecule has 0 fully saturated rings. The molecule has 0 aromatic heterocycles. The fraction of sp³-hybridized carbons (Fsp3) is 0.138. The molecule has 204 valence electrons. The van der Waals surface area contributed by atoms with Crippen molar-refractivity contribution in [3.63, 3.8) is 0 Å². The molecule has 1 aliphatic rings. The van der Waals surface area contributed by atoms with Gasteiger partial charge < -0.3 is 14.6 Å². The van der Waals surface area contributed by atoms with Gasteiger partial charge in [-0.2, -0.15) is 0 Å². The van der Waals surface area contributed by atoms with Crippen LogP contribution in [0.25, 0.3) is 6.08 Å². The molecule has 0 atom stereocenters. The second-order valence-electron chi connectivity index (χ2n) is 8.50. The first-order valence-electron chi connectivity index (χ1n) is 12.0. The summed E-state index contributed by atoms with van der Waals surface area (Å²) < 4.78 is 10.8. The van der Waals surface area contributed by atoms with Crippen LogP contribution < -0.4 is 4.74 Å². The normalized spacial score (nSPS) is 15.0. The van der Waals surface area contributed by atoms with Gasteiger partial charge in [0.1, 0.15) is 28.7 Å². The first-order chi connectivity index (χ1) is 19.2. The van der Waals surface area contributed by atoms with Crippen LogP contribution in [0.2, 0.25) is 5.02 Å². The lowest BCUT2D eigenvalue weighted by Gasteiger charge is -2.09. The number of esters is 1. The third-order valence-electron chi connectivity index (χ3n) is 5.72. The first-order valence-corrected chi connectivity index (χ1v) is 13.2. The van der Waals surface area contributed by atoms with E-state index in [0.29, 0.717) is 22.4 Å². The van der Waals surface area contributed by atoms with Crippen molar-refractivity contribution < 1.29 is 29.1 Å². The maximum absolute atomic E-state index is 12.9. The summed E-state index contributed by atoms with van der Waals surface area (Å²) >= 11 is 7.38. The number of rotatable bonds is 8. The van der Waals surface area contributed by atoms with Crippen molar-refractivity contribution in [2.24, 2.45) is 4.99 Å². The molecule has 1 heterocycles. The van der Waals surface area contributed by atoms with E-state index < -0.39 is 16.8 Å². The lowest BCUT2D eigenvalue weighted by molar-refractivity contribution is -0.384. The van der Waals surface area contributed by atoms with E-state index in [-0.39, 0.29) is 45.2 Å². The van der Waals surface area contributed by atoms with Gasteiger partial charge in [0, 0.05) is 17.7 Å². The third kappa shape index (κ3) is 6.59. The highest BCUT2D eigenvalue weighted by Gasteiger charge is 2.34. The second kappa shape index (κ2) is 12.6. The quantitative estimate of drug-likeness (QED) is 0.175. The summed E-state index contributed by atoms with van der Waals surface area (Å²) in [6, 6.07) is 17.9. The number of non-ortho nitro benzene ring substituents is 1. The van der Waals surface area contributed by atoms with Crippen LogP contribution in [0.15, 0.2) is 88.0 Å². The number of aliphatic hydroxyl groups is 1. The third-order valence-corrected chi connectivity index (χ3v) is 7.03. The predicted molar refractivity (Wildman–Crippen MR) is 154 cm³/mol. The number of halogens is 1. The van der Waals surface area contributed by atoms with Crippen LogP contribution in [0.3, 0.4) is 0 Å². The summed E-state index contributed by atoms with van der Waals surface area (Å²) in [7, 11) is 0. The maximum atomic E-state index is 12.9. The molecule has 0 spiro atoms. The highest BCUT2D eigenvalue weighted by atomic mass is 35.5. The molecule has 0 saturated heterocycles. The molecule has 3 aromatic rings. The zero-order valence-electron chi connectivity index (χ0n) is 21.4. The SMILES string of the molecule is CCOC(=O)C1=C(O)/C(=C/c2ccc(OCc3cccc([N+](=O)[O-])c3)c(Cl)c2)SC1=NC(=O)c1ccccc1C. The number of thioether (sulfide) groups is 1. The first kappa shape index (κ1) is 28.6. The van der Waals surface area contributed by atoms with Gasteiger partial charge in [0.2, 0.25) is 0 Å². The number of carbonyl (C=O) groups is 2. The van der Waals surface area contributed by atoms with E-state index in [4.69, 9.17) is 21.1 Å². The predicted octanol–water partition coefficient (Wildman–Crippen LogP) is 6.84. The minimum atomic E-state index is -0.796. The van der Waals surface area contributed by atoms with Gasteiger partial charge in [-0.1, -0.05) is 59.8 Å². The van der Waals surface area contributed by atoms with E-state index in [2.05, 4.69) is 4.99 Å². The van der Waals surface area contributed by atoms with E-state index in [0.717, 1.165) is 17.3 Å². The molecule has 1 aliphatic heterocycles. The van der Waals surface area contributed by atoms with Crippen molar-refractivity contribution in [1.82, 2.24) is 0 Å². The molecule has 1 amide bonds. The Hall–Kier alpha value is -4.41. The fourth-order valence-corrected chi connectivity index (χ4v) is 5.01. The lowest BCUT2D eigenvalue weighted by Crippen LogP contribution is -2.14. The minimum absolute atomic E-state index is 0.0264. The number of aliphatic imine (C=N–C) groups is 1. The number of amides is 1. The van der Waals surface area contributed by atoms with Crippen LogP contribution in [-0.4, -0.2) is 33.6 Å². The Kier molecular flexibility index (Phi) is 9.03. The highest BCUT2D eigenvalue weighted by molar-refractivity contribution is 8.18. The number of hydrogen-bond donors (Lipinski definition) is 1. The summed E-state index contributed by atoms with van der Waals surface area (Å²) in [5.74, 6) is -1.35. The molecule has 3 aromatic carbocycles. The Morgan fingerprint density at radius 1 is 1.12 bits per heavy atom. The zero-order chi connectivity index (χ0) is 28.8. The molecule has 0 saturated carbocycles. The molecule has 0 unspecified atom stereocenters. The summed E-state index contributed by atoms with van der Waals surface area (Å²) in [4.78, 5) is 40.4. The number of nitrogens with zero attached hydrogens (tertiary/aromatic N) is 2. The molecule has 0 aliphatic carbocycles. The van der Waals surface area contributed by atoms with Crippen molar-refractivity contribution in [3.8, 4) is 5.75 Å². The summed E-state index contributed by atoms with van der Waals surface area (Å²) in [6.07, 6.45) is 1.59. The minimum Gasteiger partial charge on any atom is -0.506 e. The van der Waals surface area contributed by atoms with Gasteiger partial charge in [0.05, 0.1) is 21.5 Å². The van der Waals surface area contributed by atoms with Gasteiger partial charge in [-0.25, -0.2) is 9.79 Å². The summed E-state index contributed by atoms with van der Waals surface area (Å²) in [5.41, 5.74) is 2.06. The van der Waals surface area contributed by atoms with Gasteiger partial charge in [-0.3, -0.25) is 14.9 Å². The smallest absolute Gasteiger partial charge is 0.344 e. The molecular weight excluding hydrogens is 556 g/mol. The topological polar surface area (TPSA) is 128 Å². The van der Waals surface area contributed by atoms with E-state index >= 15 is 0 Å². The van der Waals surface area contributed by atoms with Crippen molar-refractivity contribution in [3.05, 3.63) is 120 Å². The Bertz CT molecular complexity index is 1600. The Morgan fingerprint density at radius 3 is 2.60 bits per heavy atom. The van der Waals surface area contributed by atoms with Crippen molar-refractivity contribution in [2.75, 3.05) is 6.61 Å². The Morgan fingerprint density at radius 2 is 1.90 bits per heavy atom.